The molecule has 1 aliphatic rings. The second-order valence-corrected chi connectivity index (χ2v) is 6.92. The Balaban J connectivity index is 2.08. The average molecular weight is 355 g/mol. The van der Waals surface area contributed by atoms with Crippen molar-refractivity contribution in [1.82, 2.24) is 4.90 Å². The Morgan fingerprint density at radius 1 is 1.16 bits per heavy atom. The molecule has 1 N–H and O–H groups in total. The molecule has 1 amide bonds. The van der Waals surface area contributed by atoms with Crippen molar-refractivity contribution in [2.75, 3.05) is 31.1 Å². The molecule has 6 nitrogen and oxygen atoms in total. The summed E-state index contributed by atoms with van der Waals surface area (Å²) < 4.78 is 33.8. The van der Waals surface area contributed by atoms with E-state index in [-0.39, 0.29) is 17.0 Å². The lowest BCUT2D eigenvalue weighted by atomic mass is 10.1. The first kappa shape index (κ1) is 19.0. The minimum Gasteiger partial charge on any atom is -0.444 e. The molecule has 0 radical (unpaired) electrons. The van der Waals surface area contributed by atoms with Crippen LogP contribution in [-0.4, -0.2) is 53.7 Å². The monoisotopic (exact) mass is 355 g/mol. The zero-order valence-corrected chi connectivity index (χ0v) is 14.8. The van der Waals surface area contributed by atoms with Crippen molar-refractivity contribution < 1.29 is 23.5 Å². The van der Waals surface area contributed by atoms with Crippen LogP contribution in [0.3, 0.4) is 0 Å². The minimum atomic E-state index is -0.665. The number of piperazine rings is 1. The Bertz CT molecular complexity index is 678. The van der Waals surface area contributed by atoms with Crippen molar-refractivity contribution in [1.29, 1.82) is 0 Å². The summed E-state index contributed by atoms with van der Waals surface area (Å²) in [5.74, 6) is -1.27. The van der Waals surface area contributed by atoms with Gasteiger partial charge in [0.15, 0.2) is 0 Å². The van der Waals surface area contributed by atoms with Crippen molar-refractivity contribution in [3.8, 4) is 0 Å². The lowest BCUT2D eigenvalue weighted by Gasteiger charge is -2.36. The molecule has 1 aromatic carbocycles. The first-order chi connectivity index (χ1) is 11.6. The van der Waals surface area contributed by atoms with Gasteiger partial charge in [0.25, 0.3) is 0 Å². The van der Waals surface area contributed by atoms with Gasteiger partial charge in [0.2, 0.25) is 0 Å². The summed E-state index contributed by atoms with van der Waals surface area (Å²) in [6.45, 7) is 8.19. The first-order valence-corrected chi connectivity index (χ1v) is 8.03. The van der Waals surface area contributed by atoms with Gasteiger partial charge in [-0.05, 0) is 33.8 Å². The molecular formula is C17H23F2N3O3. The van der Waals surface area contributed by atoms with Gasteiger partial charge in [0.05, 0.1) is 11.4 Å². The topological polar surface area (TPSA) is 65.4 Å². The van der Waals surface area contributed by atoms with Gasteiger partial charge in [0, 0.05) is 37.8 Å². The maximum atomic E-state index is 14.3. The van der Waals surface area contributed by atoms with Crippen molar-refractivity contribution in [3.63, 3.8) is 0 Å². The van der Waals surface area contributed by atoms with Gasteiger partial charge in [-0.3, -0.25) is 0 Å². The zero-order chi connectivity index (χ0) is 18.8. The van der Waals surface area contributed by atoms with Crippen LogP contribution >= 0.6 is 0 Å². The standard InChI is InChI=1S/C17H23F2N3O3/c1-11(20-24)12-9-14(19)15(10-13(12)18)21-5-7-22(8-6-21)16(23)25-17(2,3)4/h9-10,24H,5-8H2,1-4H3. The van der Waals surface area contributed by atoms with E-state index in [4.69, 9.17) is 9.94 Å². The van der Waals surface area contributed by atoms with Crippen LogP contribution in [0.1, 0.15) is 33.3 Å². The van der Waals surface area contributed by atoms with E-state index in [1.54, 1.807) is 30.6 Å². The lowest BCUT2D eigenvalue weighted by Crippen LogP contribution is -2.50. The number of ether oxygens (including phenoxy) is 1. The highest BCUT2D eigenvalue weighted by Gasteiger charge is 2.27. The normalized spacial score (nSPS) is 16.2. The zero-order valence-electron chi connectivity index (χ0n) is 14.8. The number of carbonyl (C=O) groups excluding carboxylic acids is 1. The van der Waals surface area contributed by atoms with Gasteiger partial charge < -0.3 is 19.7 Å². The summed E-state index contributed by atoms with van der Waals surface area (Å²) >= 11 is 0. The third-order valence-corrected chi connectivity index (χ3v) is 3.85. The molecule has 0 saturated carbocycles. The van der Waals surface area contributed by atoms with Crippen molar-refractivity contribution in [3.05, 3.63) is 29.3 Å². The molecule has 0 bridgehead atoms. The summed E-state index contributed by atoms with van der Waals surface area (Å²) in [7, 11) is 0. The summed E-state index contributed by atoms with van der Waals surface area (Å²) in [4.78, 5) is 15.3. The molecule has 1 saturated heterocycles. The Labute approximate surface area is 145 Å². The van der Waals surface area contributed by atoms with Gasteiger partial charge in [-0.25, -0.2) is 13.6 Å². The predicted octanol–water partition coefficient (Wildman–Crippen LogP) is 3.22. The highest BCUT2D eigenvalue weighted by Crippen LogP contribution is 2.25. The molecule has 0 spiro atoms. The van der Waals surface area contributed by atoms with Crippen LogP contribution in [0, 0.1) is 11.6 Å². The van der Waals surface area contributed by atoms with Crippen LogP contribution in [0.5, 0.6) is 0 Å². The Hall–Kier alpha value is -2.38. The molecule has 2 rings (SSSR count). The Morgan fingerprint density at radius 3 is 2.28 bits per heavy atom. The van der Waals surface area contributed by atoms with E-state index in [0.717, 1.165) is 12.1 Å². The number of benzene rings is 1. The number of nitrogens with zero attached hydrogens (tertiary/aromatic N) is 3. The fourth-order valence-corrected chi connectivity index (χ4v) is 2.57. The van der Waals surface area contributed by atoms with Crippen LogP contribution in [0.25, 0.3) is 0 Å². The van der Waals surface area contributed by atoms with Gasteiger partial charge in [-0.15, -0.1) is 0 Å². The number of halogens is 2. The van der Waals surface area contributed by atoms with Gasteiger partial charge in [-0.1, -0.05) is 5.16 Å². The molecule has 0 atom stereocenters. The second-order valence-electron chi connectivity index (χ2n) is 6.92. The first-order valence-electron chi connectivity index (χ1n) is 8.03. The number of oxime groups is 1. The molecule has 8 heteroatoms. The average Bonchev–Trinajstić information content (AvgIpc) is 2.54. The third-order valence-electron chi connectivity index (χ3n) is 3.85. The van der Waals surface area contributed by atoms with Crippen LogP contribution in [0.2, 0.25) is 0 Å². The van der Waals surface area contributed by atoms with Crippen LogP contribution < -0.4 is 4.90 Å². The fourth-order valence-electron chi connectivity index (χ4n) is 2.57. The summed E-state index contributed by atoms with van der Waals surface area (Å²) in [5, 5.41) is 11.6. The molecule has 138 valence electrons. The van der Waals surface area contributed by atoms with E-state index < -0.39 is 23.3 Å². The maximum absolute atomic E-state index is 14.3. The van der Waals surface area contributed by atoms with E-state index in [1.807, 2.05) is 0 Å². The van der Waals surface area contributed by atoms with Crippen molar-refractivity contribution in [2.45, 2.75) is 33.3 Å². The third kappa shape index (κ3) is 4.58. The van der Waals surface area contributed by atoms with Crippen molar-refractivity contribution >= 4 is 17.5 Å². The maximum Gasteiger partial charge on any atom is 0.410 e. The van der Waals surface area contributed by atoms with Crippen molar-refractivity contribution in [2.24, 2.45) is 5.16 Å². The number of anilines is 1. The molecular weight excluding hydrogens is 332 g/mol. The predicted molar refractivity (Wildman–Crippen MR) is 90.4 cm³/mol. The Morgan fingerprint density at radius 2 is 1.76 bits per heavy atom. The molecule has 0 aliphatic carbocycles. The number of hydrogen-bond donors (Lipinski definition) is 1. The van der Waals surface area contributed by atoms with Crippen LogP contribution in [0.4, 0.5) is 19.3 Å². The number of amides is 1. The van der Waals surface area contributed by atoms with Gasteiger partial charge >= 0.3 is 6.09 Å². The fraction of sp³-hybridized carbons (Fsp3) is 0.529. The highest BCUT2D eigenvalue weighted by molar-refractivity contribution is 5.98. The summed E-state index contributed by atoms with van der Waals surface area (Å²) in [6.07, 6.45) is -0.413. The molecule has 1 aromatic rings. The van der Waals surface area contributed by atoms with E-state index >= 15 is 0 Å². The van der Waals surface area contributed by atoms with E-state index in [2.05, 4.69) is 5.16 Å². The molecule has 1 aliphatic heterocycles. The molecule has 0 aromatic heterocycles. The van der Waals surface area contributed by atoms with E-state index in [9.17, 15) is 13.6 Å². The van der Waals surface area contributed by atoms with Crippen LogP contribution in [0.15, 0.2) is 17.3 Å². The smallest absolute Gasteiger partial charge is 0.410 e. The summed E-state index contributed by atoms with van der Waals surface area (Å²) in [5.41, 5.74) is -0.546. The van der Waals surface area contributed by atoms with Gasteiger partial charge in [-0.2, -0.15) is 0 Å². The van der Waals surface area contributed by atoms with E-state index in [0.29, 0.717) is 26.2 Å². The summed E-state index contributed by atoms with van der Waals surface area (Å²) in [6, 6.07) is 2.10. The molecule has 25 heavy (non-hydrogen) atoms. The second kappa shape index (κ2) is 7.25. The molecule has 1 fully saturated rings. The SMILES string of the molecule is CC(=NO)c1cc(F)c(N2CCN(C(=O)OC(C)(C)C)CC2)cc1F. The minimum absolute atomic E-state index is 0.00213. The largest absolute Gasteiger partial charge is 0.444 e. The van der Waals surface area contributed by atoms with E-state index in [1.165, 1.54) is 6.92 Å². The number of carbonyl (C=O) groups is 1. The lowest BCUT2D eigenvalue weighted by molar-refractivity contribution is 0.0240. The number of hydrogen-bond acceptors (Lipinski definition) is 5. The number of rotatable bonds is 2. The van der Waals surface area contributed by atoms with Gasteiger partial charge in [0.1, 0.15) is 17.2 Å². The molecule has 0 unspecified atom stereocenters. The van der Waals surface area contributed by atoms with Crippen LogP contribution in [-0.2, 0) is 4.74 Å². The quantitative estimate of drug-likeness (QED) is 0.503. The molecule has 1 heterocycles. The highest BCUT2D eigenvalue weighted by atomic mass is 19.1. The Kier molecular flexibility index (Phi) is 5.49.